The lowest BCUT2D eigenvalue weighted by atomic mass is 10.2. The van der Waals surface area contributed by atoms with Crippen LogP contribution in [0.1, 0.15) is 12.8 Å². The van der Waals surface area contributed by atoms with Crippen molar-refractivity contribution in [3.05, 3.63) is 24.3 Å². The Bertz CT molecular complexity index is 295. The Balaban J connectivity index is 1.88. The molecule has 1 aliphatic rings. The number of anilines is 1. The van der Waals surface area contributed by atoms with Crippen molar-refractivity contribution in [3.63, 3.8) is 0 Å². The summed E-state index contributed by atoms with van der Waals surface area (Å²) in [7, 11) is 0. The van der Waals surface area contributed by atoms with E-state index in [0.717, 1.165) is 31.7 Å². The van der Waals surface area contributed by atoms with Crippen molar-refractivity contribution < 1.29 is 9.84 Å². The lowest BCUT2D eigenvalue weighted by molar-refractivity contribution is 0.120. The lowest BCUT2D eigenvalue weighted by Crippen LogP contribution is -2.18. The third-order valence-electron chi connectivity index (χ3n) is 2.45. The molecule has 0 amide bonds. The van der Waals surface area contributed by atoms with Gasteiger partial charge in [-0.1, -0.05) is 12.1 Å². The van der Waals surface area contributed by atoms with Crippen LogP contribution in [-0.4, -0.2) is 24.4 Å². The molecule has 0 radical (unpaired) electrons. The van der Waals surface area contributed by atoms with Gasteiger partial charge in [0.2, 0.25) is 0 Å². The molecular formula is C11H15NO2. The number of para-hydroxylation sites is 2. The van der Waals surface area contributed by atoms with E-state index in [1.807, 2.05) is 18.2 Å². The molecule has 1 fully saturated rings. The van der Waals surface area contributed by atoms with E-state index >= 15 is 0 Å². The third-order valence-corrected chi connectivity index (χ3v) is 2.45. The van der Waals surface area contributed by atoms with Crippen LogP contribution in [0, 0.1) is 0 Å². The lowest BCUT2D eigenvalue weighted by Gasteiger charge is -2.12. The van der Waals surface area contributed by atoms with Crippen molar-refractivity contribution in [2.75, 3.05) is 18.5 Å². The van der Waals surface area contributed by atoms with Gasteiger partial charge in [-0.3, -0.25) is 0 Å². The Labute approximate surface area is 83.7 Å². The maximum Gasteiger partial charge on any atom is 0.138 e. The smallest absolute Gasteiger partial charge is 0.138 e. The zero-order valence-electron chi connectivity index (χ0n) is 8.07. The molecule has 0 aromatic heterocycles. The highest BCUT2D eigenvalue weighted by atomic mass is 16.5. The number of rotatable bonds is 3. The molecule has 1 aromatic rings. The largest absolute Gasteiger partial charge is 0.506 e. The summed E-state index contributed by atoms with van der Waals surface area (Å²) in [4.78, 5) is 0. The SMILES string of the molecule is Oc1ccccc1NCC1CCCO1. The summed E-state index contributed by atoms with van der Waals surface area (Å²) in [6.45, 7) is 1.64. The zero-order valence-corrected chi connectivity index (χ0v) is 8.07. The van der Waals surface area contributed by atoms with Crippen molar-refractivity contribution in [2.45, 2.75) is 18.9 Å². The third kappa shape index (κ3) is 2.17. The molecule has 76 valence electrons. The first-order valence-electron chi connectivity index (χ1n) is 5.00. The Morgan fingerprint density at radius 1 is 1.43 bits per heavy atom. The fourth-order valence-corrected chi connectivity index (χ4v) is 1.65. The monoisotopic (exact) mass is 193 g/mol. The topological polar surface area (TPSA) is 41.5 Å². The Hall–Kier alpha value is -1.22. The molecule has 1 atom stereocenters. The van der Waals surface area contributed by atoms with Crippen LogP contribution in [0.5, 0.6) is 5.75 Å². The first kappa shape index (κ1) is 9.34. The van der Waals surface area contributed by atoms with Crippen molar-refractivity contribution in [1.29, 1.82) is 0 Å². The Morgan fingerprint density at radius 3 is 3.00 bits per heavy atom. The highest BCUT2D eigenvalue weighted by molar-refractivity contribution is 5.55. The van der Waals surface area contributed by atoms with E-state index in [9.17, 15) is 5.11 Å². The zero-order chi connectivity index (χ0) is 9.80. The van der Waals surface area contributed by atoms with E-state index in [0.29, 0.717) is 11.9 Å². The van der Waals surface area contributed by atoms with E-state index < -0.39 is 0 Å². The molecule has 1 heterocycles. The van der Waals surface area contributed by atoms with Crippen LogP contribution in [0.4, 0.5) is 5.69 Å². The van der Waals surface area contributed by atoms with E-state index in [2.05, 4.69) is 5.32 Å². The first-order chi connectivity index (χ1) is 6.86. The summed E-state index contributed by atoms with van der Waals surface area (Å²) in [5.74, 6) is 0.297. The molecule has 2 rings (SSSR count). The van der Waals surface area contributed by atoms with Crippen LogP contribution in [0.25, 0.3) is 0 Å². The average Bonchev–Trinajstić information content (AvgIpc) is 2.69. The Morgan fingerprint density at radius 2 is 2.29 bits per heavy atom. The molecule has 3 nitrogen and oxygen atoms in total. The van der Waals surface area contributed by atoms with E-state index in [4.69, 9.17) is 4.74 Å². The van der Waals surface area contributed by atoms with Crippen LogP contribution in [-0.2, 0) is 4.74 Å². The predicted molar refractivity (Wildman–Crippen MR) is 55.6 cm³/mol. The van der Waals surface area contributed by atoms with Gasteiger partial charge in [-0.25, -0.2) is 0 Å². The molecule has 0 saturated carbocycles. The molecule has 3 heteroatoms. The van der Waals surface area contributed by atoms with Gasteiger partial charge in [0.15, 0.2) is 0 Å². The number of aromatic hydroxyl groups is 1. The van der Waals surface area contributed by atoms with Gasteiger partial charge in [0.25, 0.3) is 0 Å². The Kier molecular flexibility index (Phi) is 2.89. The molecule has 1 aliphatic heterocycles. The normalized spacial score (nSPS) is 21.0. The minimum Gasteiger partial charge on any atom is -0.506 e. The van der Waals surface area contributed by atoms with Gasteiger partial charge in [0.05, 0.1) is 11.8 Å². The standard InChI is InChI=1S/C11H15NO2/c13-11-6-2-1-5-10(11)12-8-9-4-3-7-14-9/h1-2,5-6,9,12-13H,3-4,7-8H2. The van der Waals surface area contributed by atoms with Gasteiger partial charge in [-0.2, -0.15) is 0 Å². The van der Waals surface area contributed by atoms with Crippen molar-refractivity contribution in [2.24, 2.45) is 0 Å². The van der Waals surface area contributed by atoms with Gasteiger partial charge >= 0.3 is 0 Å². The van der Waals surface area contributed by atoms with Gasteiger partial charge < -0.3 is 15.2 Å². The van der Waals surface area contributed by atoms with E-state index in [1.54, 1.807) is 6.07 Å². The number of nitrogens with one attached hydrogen (secondary N) is 1. The minimum absolute atomic E-state index is 0.297. The minimum atomic E-state index is 0.297. The van der Waals surface area contributed by atoms with Crippen molar-refractivity contribution in [1.82, 2.24) is 0 Å². The molecule has 14 heavy (non-hydrogen) atoms. The maximum atomic E-state index is 9.48. The van der Waals surface area contributed by atoms with Crippen molar-refractivity contribution in [3.8, 4) is 5.75 Å². The maximum absolute atomic E-state index is 9.48. The highest BCUT2D eigenvalue weighted by Crippen LogP contribution is 2.22. The van der Waals surface area contributed by atoms with E-state index in [-0.39, 0.29) is 0 Å². The van der Waals surface area contributed by atoms with Gasteiger partial charge in [0.1, 0.15) is 5.75 Å². The van der Waals surface area contributed by atoms with Gasteiger partial charge in [0, 0.05) is 13.2 Å². The summed E-state index contributed by atoms with van der Waals surface area (Å²) in [6.07, 6.45) is 2.56. The molecular weight excluding hydrogens is 178 g/mol. The highest BCUT2D eigenvalue weighted by Gasteiger charge is 2.15. The molecule has 2 N–H and O–H groups in total. The second-order valence-electron chi connectivity index (χ2n) is 3.53. The summed E-state index contributed by atoms with van der Waals surface area (Å²) < 4.78 is 5.47. The van der Waals surface area contributed by atoms with E-state index in [1.165, 1.54) is 0 Å². The summed E-state index contributed by atoms with van der Waals surface area (Å²) >= 11 is 0. The number of phenolic OH excluding ortho intramolecular Hbond substituents is 1. The predicted octanol–water partition coefficient (Wildman–Crippen LogP) is 1.98. The molecule has 1 saturated heterocycles. The number of hydrogen-bond donors (Lipinski definition) is 2. The number of ether oxygens (including phenoxy) is 1. The average molecular weight is 193 g/mol. The summed E-state index contributed by atoms with van der Waals surface area (Å²) in [5, 5.41) is 12.7. The van der Waals surface area contributed by atoms with Crippen LogP contribution in [0.15, 0.2) is 24.3 Å². The quantitative estimate of drug-likeness (QED) is 0.721. The number of phenols is 1. The van der Waals surface area contributed by atoms with Crippen LogP contribution < -0.4 is 5.32 Å². The second-order valence-corrected chi connectivity index (χ2v) is 3.53. The molecule has 0 spiro atoms. The molecule has 1 aromatic carbocycles. The molecule has 1 unspecified atom stereocenters. The molecule has 0 aliphatic carbocycles. The fraction of sp³-hybridized carbons (Fsp3) is 0.455. The summed E-state index contributed by atoms with van der Waals surface area (Å²) in [6, 6.07) is 7.26. The van der Waals surface area contributed by atoms with Crippen LogP contribution >= 0.6 is 0 Å². The summed E-state index contributed by atoms with van der Waals surface area (Å²) in [5.41, 5.74) is 0.781. The van der Waals surface area contributed by atoms with Gasteiger partial charge in [-0.05, 0) is 25.0 Å². The van der Waals surface area contributed by atoms with Gasteiger partial charge in [-0.15, -0.1) is 0 Å². The number of hydrogen-bond acceptors (Lipinski definition) is 3. The van der Waals surface area contributed by atoms with Crippen LogP contribution in [0.2, 0.25) is 0 Å². The molecule has 0 bridgehead atoms. The first-order valence-corrected chi connectivity index (χ1v) is 5.00. The number of benzene rings is 1. The van der Waals surface area contributed by atoms with Crippen LogP contribution in [0.3, 0.4) is 0 Å². The van der Waals surface area contributed by atoms with Crippen molar-refractivity contribution >= 4 is 5.69 Å². The fourth-order valence-electron chi connectivity index (χ4n) is 1.65. The second kappa shape index (κ2) is 4.33.